The quantitative estimate of drug-likeness (QED) is 0.705. The SMILES string of the molecule is C[C@@H](c1nc2ccccc2s1)N(C)C(=O)Cn1ccc(C(F)(F)F)n1. The molecule has 132 valence electrons. The molecule has 0 bridgehead atoms. The molecule has 1 aromatic carbocycles. The molecule has 0 saturated carbocycles. The van der Waals surface area contributed by atoms with E-state index in [1.807, 2.05) is 31.2 Å². The first-order chi connectivity index (χ1) is 11.8. The molecule has 1 amide bonds. The minimum absolute atomic E-state index is 0.262. The monoisotopic (exact) mass is 368 g/mol. The highest BCUT2D eigenvalue weighted by Gasteiger charge is 2.33. The first-order valence-corrected chi connectivity index (χ1v) is 8.29. The number of rotatable bonds is 4. The van der Waals surface area contributed by atoms with Crippen LogP contribution in [0.3, 0.4) is 0 Å². The zero-order valence-electron chi connectivity index (χ0n) is 13.5. The zero-order chi connectivity index (χ0) is 18.2. The Balaban J connectivity index is 1.72. The maximum absolute atomic E-state index is 12.6. The van der Waals surface area contributed by atoms with Crippen molar-refractivity contribution in [3.8, 4) is 0 Å². The van der Waals surface area contributed by atoms with Crippen LogP contribution in [0, 0.1) is 0 Å². The molecular formula is C16H15F3N4OS. The summed E-state index contributed by atoms with van der Waals surface area (Å²) in [6.45, 7) is 1.57. The lowest BCUT2D eigenvalue weighted by Gasteiger charge is -2.23. The van der Waals surface area contributed by atoms with Crippen molar-refractivity contribution in [2.24, 2.45) is 0 Å². The first-order valence-electron chi connectivity index (χ1n) is 7.47. The van der Waals surface area contributed by atoms with Gasteiger partial charge in [0, 0.05) is 13.2 Å². The lowest BCUT2D eigenvalue weighted by molar-refractivity contribution is -0.142. The number of amides is 1. The molecule has 0 aliphatic carbocycles. The van der Waals surface area contributed by atoms with Gasteiger partial charge in [-0.3, -0.25) is 9.48 Å². The van der Waals surface area contributed by atoms with Gasteiger partial charge in [-0.2, -0.15) is 18.3 Å². The fraction of sp³-hybridized carbons (Fsp3) is 0.312. The highest BCUT2D eigenvalue weighted by molar-refractivity contribution is 7.18. The summed E-state index contributed by atoms with van der Waals surface area (Å²) < 4.78 is 39.7. The highest BCUT2D eigenvalue weighted by atomic mass is 32.1. The number of nitrogens with zero attached hydrogens (tertiary/aromatic N) is 4. The summed E-state index contributed by atoms with van der Waals surface area (Å²) >= 11 is 1.49. The molecule has 0 fully saturated rings. The Kier molecular flexibility index (Phi) is 4.51. The van der Waals surface area contributed by atoms with Crippen LogP contribution < -0.4 is 0 Å². The lowest BCUT2D eigenvalue weighted by Crippen LogP contribution is -2.32. The largest absolute Gasteiger partial charge is 0.435 e. The van der Waals surface area contributed by atoms with Gasteiger partial charge in [0.25, 0.3) is 0 Å². The molecule has 0 aliphatic heterocycles. The van der Waals surface area contributed by atoms with Crippen LogP contribution in [0.1, 0.15) is 23.7 Å². The number of hydrogen-bond acceptors (Lipinski definition) is 4. The molecule has 0 radical (unpaired) electrons. The van der Waals surface area contributed by atoms with E-state index in [-0.39, 0.29) is 18.5 Å². The molecule has 25 heavy (non-hydrogen) atoms. The van der Waals surface area contributed by atoms with Gasteiger partial charge in [0.15, 0.2) is 5.69 Å². The van der Waals surface area contributed by atoms with Crippen LogP contribution >= 0.6 is 11.3 Å². The second kappa shape index (κ2) is 6.47. The van der Waals surface area contributed by atoms with Crippen LogP contribution in [0.5, 0.6) is 0 Å². The summed E-state index contributed by atoms with van der Waals surface area (Å²) in [6.07, 6.45) is -3.37. The van der Waals surface area contributed by atoms with E-state index in [1.54, 1.807) is 7.05 Å². The fourth-order valence-corrected chi connectivity index (χ4v) is 3.36. The topological polar surface area (TPSA) is 51.0 Å². The van der Waals surface area contributed by atoms with E-state index in [2.05, 4.69) is 10.1 Å². The van der Waals surface area contributed by atoms with Crippen molar-refractivity contribution in [1.82, 2.24) is 19.7 Å². The van der Waals surface area contributed by atoms with Gasteiger partial charge in [-0.05, 0) is 25.1 Å². The van der Waals surface area contributed by atoms with Gasteiger partial charge in [-0.1, -0.05) is 12.1 Å². The summed E-state index contributed by atoms with van der Waals surface area (Å²) in [7, 11) is 1.60. The number of carbonyl (C=O) groups is 1. The minimum atomic E-state index is -4.52. The van der Waals surface area contributed by atoms with Crippen molar-refractivity contribution in [2.75, 3.05) is 7.05 Å². The van der Waals surface area contributed by atoms with E-state index in [0.29, 0.717) is 0 Å². The molecule has 3 rings (SSSR count). The summed E-state index contributed by atoms with van der Waals surface area (Å²) in [5.74, 6) is -0.344. The second-order valence-electron chi connectivity index (χ2n) is 5.60. The van der Waals surface area contributed by atoms with Crippen molar-refractivity contribution < 1.29 is 18.0 Å². The van der Waals surface area contributed by atoms with Gasteiger partial charge < -0.3 is 4.90 Å². The molecular weight excluding hydrogens is 353 g/mol. The number of alkyl halides is 3. The smallest absolute Gasteiger partial charge is 0.335 e. The third-order valence-corrected chi connectivity index (χ3v) is 5.08. The van der Waals surface area contributed by atoms with E-state index >= 15 is 0 Å². The number of thiazole rings is 1. The lowest BCUT2D eigenvalue weighted by atomic mass is 10.3. The summed E-state index contributed by atoms with van der Waals surface area (Å²) in [5.41, 5.74) is -0.153. The van der Waals surface area contributed by atoms with Crippen LogP contribution in [0.4, 0.5) is 13.2 Å². The Morgan fingerprint density at radius 2 is 2.04 bits per heavy atom. The second-order valence-corrected chi connectivity index (χ2v) is 6.66. The number of halogens is 3. The van der Waals surface area contributed by atoms with Crippen LogP contribution in [0.25, 0.3) is 10.2 Å². The average Bonchev–Trinajstić information content (AvgIpc) is 3.19. The van der Waals surface area contributed by atoms with Gasteiger partial charge >= 0.3 is 6.18 Å². The Bertz CT molecular complexity index is 869. The van der Waals surface area contributed by atoms with Gasteiger partial charge in [-0.15, -0.1) is 11.3 Å². The predicted molar refractivity (Wildman–Crippen MR) is 88.0 cm³/mol. The third-order valence-electron chi connectivity index (χ3n) is 3.87. The number of fused-ring (bicyclic) bond motifs is 1. The van der Waals surface area contributed by atoms with Gasteiger partial charge in [-0.25, -0.2) is 4.98 Å². The molecule has 9 heteroatoms. The molecule has 3 aromatic rings. The highest BCUT2D eigenvalue weighted by Crippen LogP contribution is 2.29. The molecule has 0 spiro atoms. The van der Waals surface area contributed by atoms with Gasteiger partial charge in [0.1, 0.15) is 11.6 Å². The minimum Gasteiger partial charge on any atom is -0.335 e. The molecule has 2 heterocycles. The van der Waals surface area contributed by atoms with E-state index in [9.17, 15) is 18.0 Å². The van der Waals surface area contributed by atoms with E-state index < -0.39 is 11.9 Å². The number of likely N-dealkylation sites (N-methyl/N-ethyl adjacent to an activating group) is 1. The van der Waals surface area contributed by atoms with Gasteiger partial charge in [0.2, 0.25) is 5.91 Å². The fourth-order valence-electron chi connectivity index (χ4n) is 2.30. The number of carbonyl (C=O) groups excluding carboxylic acids is 1. The number of para-hydroxylation sites is 1. The van der Waals surface area contributed by atoms with Crippen LogP contribution in [0.15, 0.2) is 36.5 Å². The molecule has 1 atom stereocenters. The molecule has 0 unspecified atom stereocenters. The summed E-state index contributed by atoms with van der Waals surface area (Å²) in [6, 6.07) is 8.22. The number of aromatic nitrogens is 3. The van der Waals surface area contributed by atoms with Crippen LogP contribution in [0.2, 0.25) is 0 Å². The number of hydrogen-bond donors (Lipinski definition) is 0. The molecule has 0 aliphatic rings. The third kappa shape index (κ3) is 3.65. The van der Waals surface area contributed by atoms with Gasteiger partial charge in [0.05, 0.1) is 16.3 Å². The molecule has 5 nitrogen and oxygen atoms in total. The van der Waals surface area contributed by atoms with E-state index in [4.69, 9.17) is 0 Å². The van der Waals surface area contributed by atoms with Crippen LogP contribution in [-0.4, -0.2) is 32.6 Å². The van der Waals surface area contributed by atoms with Crippen molar-refractivity contribution in [1.29, 1.82) is 0 Å². The Morgan fingerprint density at radius 1 is 1.32 bits per heavy atom. The molecule has 2 aromatic heterocycles. The maximum atomic E-state index is 12.6. The predicted octanol–water partition coefficient (Wildman–Crippen LogP) is 3.73. The van der Waals surface area contributed by atoms with Crippen molar-refractivity contribution in [3.05, 3.63) is 47.2 Å². The average molecular weight is 368 g/mol. The first kappa shape index (κ1) is 17.4. The van der Waals surface area contributed by atoms with Crippen molar-refractivity contribution >= 4 is 27.5 Å². The number of benzene rings is 1. The van der Waals surface area contributed by atoms with E-state index in [1.165, 1.54) is 16.2 Å². The Morgan fingerprint density at radius 3 is 2.68 bits per heavy atom. The van der Waals surface area contributed by atoms with E-state index in [0.717, 1.165) is 32.2 Å². The maximum Gasteiger partial charge on any atom is 0.435 e. The Labute approximate surface area is 145 Å². The van der Waals surface area contributed by atoms with Crippen molar-refractivity contribution in [2.45, 2.75) is 25.7 Å². The normalized spacial score (nSPS) is 13.2. The van der Waals surface area contributed by atoms with Crippen LogP contribution in [-0.2, 0) is 17.5 Å². The molecule has 0 N–H and O–H groups in total. The van der Waals surface area contributed by atoms with Crippen molar-refractivity contribution in [3.63, 3.8) is 0 Å². The molecule has 0 saturated heterocycles. The standard InChI is InChI=1S/C16H15F3N4OS/c1-10(15-20-11-5-3-4-6-12(11)25-15)22(2)14(24)9-23-8-7-13(21-23)16(17,18)19/h3-8,10H,9H2,1-2H3/t10-/m0/s1. The summed E-state index contributed by atoms with van der Waals surface area (Å²) in [4.78, 5) is 18.3. The Hall–Kier alpha value is -2.42. The zero-order valence-corrected chi connectivity index (χ0v) is 14.3. The summed E-state index contributed by atoms with van der Waals surface area (Å²) in [5, 5.41) is 4.17.